The van der Waals surface area contributed by atoms with Crippen molar-refractivity contribution in [1.29, 1.82) is 0 Å². The number of benzene rings is 1. The number of hydrogen-bond donors (Lipinski definition) is 1. The number of amides is 2. The molecule has 29 heavy (non-hydrogen) atoms. The van der Waals surface area contributed by atoms with Crippen molar-refractivity contribution < 1.29 is 19.1 Å². The standard InChI is InChI=1S/C22H31N3O4/c26-20(16-24-10-6-18(7-11-24)22-28-14-15-29-22)25-12-8-17(9-13-25)21(27)23-19-4-2-1-3-5-19/h1-5,17-18,22H,6-16H2,(H,23,27). The molecule has 0 aromatic heterocycles. The van der Waals surface area contributed by atoms with E-state index in [9.17, 15) is 9.59 Å². The van der Waals surface area contributed by atoms with Crippen LogP contribution >= 0.6 is 0 Å². The van der Waals surface area contributed by atoms with Crippen molar-refractivity contribution in [2.45, 2.75) is 32.0 Å². The number of rotatable bonds is 5. The molecular weight excluding hydrogens is 370 g/mol. The van der Waals surface area contributed by atoms with Gasteiger partial charge in [0, 0.05) is 30.6 Å². The van der Waals surface area contributed by atoms with Crippen LogP contribution in [0.4, 0.5) is 5.69 Å². The Morgan fingerprint density at radius 3 is 2.24 bits per heavy atom. The van der Waals surface area contributed by atoms with E-state index in [-0.39, 0.29) is 24.0 Å². The Morgan fingerprint density at radius 2 is 1.59 bits per heavy atom. The van der Waals surface area contributed by atoms with Crippen LogP contribution in [-0.2, 0) is 19.1 Å². The molecule has 0 atom stereocenters. The summed E-state index contributed by atoms with van der Waals surface area (Å²) in [5.74, 6) is 0.657. The third-order valence-electron chi connectivity index (χ3n) is 6.28. The lowest BCUT2D eigenvalue weighted by molar-refractivity contribution is -0.136. The number of anilines is 1. The summed E-state index contributed by atoms with van der Waals surface area (Å²) in [5, 5.41) is 2.98. The number of nitrogens with zero attached hydrogens (tertiary/aromatic N) is 2. The van der Waals surface area contributed by atoms with Crippen LogP contribution in [0.5, 0.6) is 0 Å². The van der Waals surface area contributed by atoms with E-state index in [0.717, 1.165) is 44.5 Å². The Labute approximate surface area is 172 Å². The molecule has 4 rings (SSSR count). The highest BCUT2D eigenvalue weighted by atomic mass is 16.7. The Balaban J connectivity index is 1.17. The van der Waals surface area contributed by atoms with Crippen LogP contribution in [0, 0.1) is 11.8 Å². The first-order valence-electron chi connectivity index (χ1n) is 10.8. The Morgan fingerprint density at radius 1 is 0.931 bits per heavy atom. The topological polar surface area (TPSA) is 71.1 Å². The van der Waals surface area contributed by atoms with Gasteiger partial charge in [0.05, 0.1) is 19.8 Å². The highest BCUT2D eigenvalue weighted by Crippen LogP contribution is 2.26. The maximum Gasteiger partial charge on any atom is 0.236 e. The summed E-state index contributed by atoms with van der Waals surface area (Å²) >= 11 is 0. The Kier molecular flexibility index (Phi) is 6.79. The quantitative estimate of drug-likeness (QED) is 0.817. The minimum Gasteiger partial charge on any atom is -0.350 e. The zero-order valence-electron chi connectivity index (χ0n) is 16.9. The van der Waals surface area contributed by atoms with Crippen molar-refractivity contribution in [3.63, 3.8) is 0 Å². The lowest BCUT2D eigenvalue weighted by Gasteiger charge is -2.36. The lowest BCUT2D eigenvalue weighted by atomic mass is 9.95. The van der Waals surface area contributed by atoms with E-state index in [1.165, 1.54) is 0 Å². The van der Waals surface area contributed by atoms with Crippen LogP contribution in [0.2, 0.25) is 0 Å². The molecule has 158 valence electrons. The normalized spacial score (nSPS) is 22.7. The molecular formula is C22H31N3O4. The van der Waals surface area contributed by atoms with Gasteiger partial charge in [-0.25, -0.2) is 0 Å². The van der Waals surface area contributed by atoms with E-state index >= 15 is 0 Å². The van der Waals surface area contributed by atoms with Crippen molar-refractivity contribution in [1.82, 2.24) is 9.80 Å². The molecule has 3 aliphatic heterocycles. The van der Waals surface area contributed by atoms with Crippen molar-refractivity contribution >= 4 is 17.5 Å². The van der Waals surface area contributed by atoms with Gasteiger partial charge in [-0.3, -0.25) is 14.5 Å². The molecule has 0 bridgehead atoms. The molecule has 3 heterocycles. The van der Waals surface area contributed by atoms with E-state index in [0.29, 0.717) is 38.8 Å². The third-order valence-corrected chi connectivity index (χ3v) is 6.28. The number of hydrogen-bond acceptors (Lipinski definition) is 5. The maximum atomic E-state index is 12.7. The average Bonchev–Trinajstić information content (AvgIpc) is 3.30. The number of carbonyl (C=O) groups is 2. The van der Waals surface area contributed by atoms with Gasteiger partial charge >= 0.3 is 0 Å². The van der Waals surface area contributed by atoms with Crippen LogP contribution in [-0.4, -0.2) is 73.8 Å². The molecule has 7 heteroatoms. The second kappa shape index (κ2) is 9.69. The number of piperidine rings is 2. The summed E-state index contributed by atoms with van der Waals surface area (Å²) in [6.07, 6.45) is 3.43. The number of likely N-dealkylation sites (tertiary alicyclic amines) is 2. The predicted molar refractivity (Wildman–Crippen MR) is 109 cm³/mol. The molecule has 0 radical (unpaired) electrons. The molecule has 1 aromatic rings. The van der Waals surface area contributed by atoms with E-state index < -0.39 is 0 Å². The summed E-state index contributed by atoms with van der Waals surface area (Å²) in [5.41, 5.74) is 0.827. The average molecular weight is 402 g/mol. The van der Waals surface area contributed by atoms with Gasteiger partial charge in [0.25, 0.3) is 0 Å². The lowest BCUT2D eigenvalue weighted by Crippen LogP contribution is -2.47. The minimum absolute atomic E-state index is 0.0265. The molecule has 0 saturated carbocycles. The maximum absolute atomic E-state index is 12.7. The fourth-order valence-corrected chi connectivity index (χ4v) is 4.48. The molecule has 0 unspecified atom stereocenters. The molecule has 1 aromatic carbocycles. The van der Waals surface area contributed by atoms with Gasteiger partial charge in [-0.1, -0.05) is 18.2 Å². The van der Waals surface area contributed by atoms with E-state index in [4.69, 9.17) is 9.47 Å². The summed E-state index contributed by atoms with van der Waals surface area (Å²) < 4.78 is 11.2. The van der Waals surface area contributed by atoms with Crippen LogP contribution in [0.1, 0.15) is 25.7 Å². The van der Waals surface area contributed by atoms with Crippen molar-refractivity contribution in [3.8, 4) is 0 Å². The fourth-order valence-electron chi connectivity index (χ4n) is 4.48. The van der Waals surface area contributed by atoms with Crippen molar-refractivity contribution in [2.24, 2.45) is 11.8 Å². The molecule has 0 spiro atoms. The molecule has 0 aliphatic carbocycles. The number of para-hydroxylation sites is 1. The van der Waals surface area contributed by atoms with Crippen molar-refractivity contribution in [2.75, 3.05) is 51.3 Å². The monoisotopic (exact) mass is 401 g/mol. The molecule has 3 saturated heterocycles. The molecule has 1 N–H and O–H groups in total. The van der Waals surface area contributed by atoms with Gasteiger partial charge in [0.15, 0.2) is 6.29 Å². The van der Waals surface area contributed by atoms with Crippen LogP contribution < -0.4 is 5.32 Å². The number of carbonyl (C=O) groups excluding carboxylic acids is 2. The minimum atomic E-state index is -0.0473. The highest BCUT2D eigenvalue weighted by Gasteiger charge is 2.32. The molecule has 7 nitrogen and oxygen atoms in total. The summed E-state index contributed by atoms with van der Waals surface area (Å²) in [6, 6.07) is 9.54. The zero-order chi connectivity index (χ0) is 20.1. The van der Waals surface area contributed by atoms with Crippen LogP contribution in [0.15, 0.2) is 30.3 Å². The molecule has 3 fully saturated rings. The smallest absolute Gasteiger partial charge is 0.236 e. The fraction of sp³-hybridized carbons (Fsp3) is 0.636. The number of ether oxygens (including phenoxy) is 2. The Bertz CT molecular complexity index is 677. The number of nitrogens with one attached hydrogen (secondary N) is 1. The largest absolute Gasteiger partial charge is 0.350 e. The first-order chi connectivity index (χ1) is 14.2. The van der Waals surface area contributed by atoms with Gasteiger partial charge in [0.2, 0.25) is 11.8 Å². The van der Waals surface area contributed by atoms with Crippen molar-refractivity contribution in [3.05, 3.63) is 30.3 Å². The first kappa shape index (κ1) is 20.3. The van der Waals surface area contributed by atoms with Gasteiger partial charge in [-0.05, 0) is 50.9 Å². The molecule has 2 amide bonds. The summed E-state index contributed by atoms with van der Waals surface area (Å²) in [7, 11) is 0. The van der Waals surface area contributed by atoms with Crippen LogP contribution in [0.25, 0.3) is 0 Å². The third kappa shape index (κ3) is 5.35. The SMILES string of the molecule is O=C(Nc1ccccc1)C1CCN(C(=O)CN2CCC(C3OCCO3)CC2)CC1. The summed E-state index contributed by atoms with van der Waals surface area (Å²) in [4.78, 5) is 29.3. The van der Waals surface area contributed by atoms with E-state index in [1.54, 1.807) is 0 Å². The van der Waals surface area contributed by atoms with Gasteiger partial charge in [0.1, 0.15) is 0 Å². The Hall–Kier alpha value is -1.96. The van der Waals surface area contributed by atoms with Gasteiger partial charge in [-0.15, -0.1) is 0 Å². The van der Waals surface area contributed by atoms with E-state index in [1.807, 2.05) is 35.2 Å². The first-order valence-corrected chi connectivity index (χ1v) is 10.8. The second-order valence-corrected chi connectivity index (χ2v) is 8.23. The summed E-state index contributed by atoms with van der Waals surface area (Å²) in [6.45, 7) is 5.01. The molecule has 3 aliphatic rings. The van der Waals surface area contributed by atoms with Gasteiger partial charge in [-0.2, -0.15) is 0 Å². The van der Waals surface area contributed by atoms with Gasteiger partial charge < -0.3 is 19.7 Å². The second-order valence-electron chi connectivity index (χ2n) is 8.23. The highest BCUT2D eigenvalue weighted by molar-refractivity contribution is 5.92. The predicted octanol–water partition coefficient (Wildman–Crippen LogP) is 1.95. The zero-order valence-corrected chi connectivity index (χ0v) is 16.9. The van der Waals surface area contributed by atoms with E-state index in [2.05, 4.69) is 10.2 Å². The van der Waals surface area contributed by atoms with Crippen LogP contribution in [0.3, 0.4) is 0 Å².